The number of benzene rings is 2. The number of amides is 1. The normalized spacial score (nSPS) is 21.9. The average molecular weight is 402 g/mol. The minimum Gasteiger partial charge on any atom is -0.352 e. The Hall–Kier alpha value is -2.34. The van der Waals surface area contributed by atoms with Gasteiger partial charge in [0.15, 0.2) is 0 Å². The van der Waals surface area contributed by atoms with E-state index in [1.807, 2.05) is 12.1 Å². The van der Waals surface area contributed by atoms with Crippen molar-refractivity contribution in [2.45, 2.75) is 44.4 Å². The maximum atomic E-state index is 12.7. The van der Waals surface area contributed by atoms with E-state index in [9.17, 15) is 18.0 Å². The van der Waals surface area contributed by atoms with Gasteiger partial charge >= 0.3 is 6.18 Å². The molecule has 3 nitrogen and oxygen atoms in total. The largest absolute Gasteiger partial charge is 0.416 e. The number of hydrogen-bond acceptors (Lipinski definition) is 2. The molecule has 2 fully saturated rings. The van der Waals surface area contributed by atoms with Gasteiger partial charge in [0, 0.05) is 19.0 Å². The number of rotatable bonds is 6. The summed E-state index contributed by atoms with van der Waals surface area (Å²) in [5.41, 5.74) is 2.47. The van der Waals surface area contributed by atoms with Crippen LogP contribution < -0.4 is 5.32 Å². The Balaban J connectivity index is 1.25. The van der Waals surface area contributed by atoms with Crippen molar-refractivity contribution in [1.82, 2.24) is 10.2 Å². The zero-order valence-corrected chi connectivity index (χ0v) is 16.2. The molecule has 2 unspecified atom stereocenters. The quantitative estimate of drug-likeness (QED) is 0.758. The van der Waals surface area contributed by atoms with E-state index < -0.39 is 11.7 Å². The van der Waals surface area contributed by atoms with E-state index in [1.165, 1.54) is 43.6 Å². The molecule has 1 aliphatic heterocycles. The van der Waals surface area contributed by atoms with Gasteiger partial charge in [-0.1, -0.05) is 36.4 Å². The molecule has 2 aromatic rings. The standard InChI is InChI=1S/C23H25F3N2O/c24-23(25,26)19-9-7-18(8-10-19)20-13-21(20)22(29)27-14-16-3-5-17(6-4-16)15-28-11-1-2-12-28/h3-10,20-21H,1-2,11-15H2,(H,27,29). The smallest absolute Gasteiger partial charge is 0.352 e. The van der Waals surface area contributed by atoms with E-state index in [-0.39, 0.29) is 17.7 Å². The molecule has 2 aliphatic rings. The lowest BCUT2D eigenvalue weighted by Crippen LogP contribution is -2.25. The number of nitrogens with zero attached hydrogens (tertiary/aromatic N) is 1. The molecule has 1 amide bonds. The molecule has 4 rings (SSSR count). The molecule has 0 bridgehead atoms. The van der Waals surface area contributed by atoms with Gasteiger partial charge in [0.05, 0.1) is 5.56 Å². The summed E-state index contributed by atoms with van der Waals surface area (Å²) in [6.07, 6.45) is -1.09. The van der Waals surface area contributed by atoms with Crippen LogP contribution in [0.15, 0.2) is 48.5 Å². The molecule has 0 aromatic heterocycles. The van der Waals surface area contributed by atoms with Crippen LogP contribution in [0.25, 0.3) is 0 Å². The Morgan fingerprint density at radius 3 is 2.21 bits per heavy atom. The summed E-state index contributed by atoms with van der Waals surface area (Å²) in [5.74, 6) is -0.169. The first-order valence-corrected chi connectivity index (χ1v) is 10.2. The minimum atomic E-state index is -4.33. The van der Waals surface area contributed by atoms with Crippen LogP contribution in [-0.2, 0) is 24.1 Å². The molecule has 29 heavy (non-hydrogen) atoms. The topological polar surface area (TPSA) is 32.3 Å². The van der Waals surface area contributed by atoms with Crippen molar-refractivity contribution in [2.24, 2.45) is 5.92 Å². The summed E-state index contributed by atoms with van der Waals surface area (Å²) >= 11 is 0. The van der Waals surface area contributed by atoms with Crippen LogP contribution in [0.1, 0.15) is 47.4 Å². The van der Waals surface area contributed by atoms with Crippen LogP contribution in [0, 0.1) is 5.92 Å². The van der Waals surface area contributed by atoms with Crippen LogP contribution in [0.4, 0.5) is 13.2 Å². The number of nitrogens with one attached hydrogen (secondary N) is 1. The third kappa shape index (κ3) is 4.99. The van der Waals surface area contributed by atoms with E-state index in [0.717, 1.165) is 29.8 Å². The van der Waals surface area contributed by atoms with Gasteiger partial charge in [0.2, 0.25) is 5.91 Å². The summed E-state index contributed by atoms with van der Waals surface area (Å²) in [4.78, 5) is 14.8. The Morgan fingerprint density at radius 2 is 1.59 bits per heavy atom. The zero-order valence-electron chi connectivity index (χ0n) is 16.2. The SMILES string of the molecule is O=C(NCc1ccc(CN2CCCC2)cc1)C1CC1c1ccc(C(F)(F)F)cc1. The maximum Gasteiger partial charge on any atom is 0.416 e. The van der Waals surface area contributed by atoms with Crippen LogP contribution >= 0.6 is 0 Å². The highest BCUT2D eigenvalue weighted by molar-refractivity contribution is 5.82. The molecular weight excluding hydrogens is 377 g/mol. The van der Waals surface area contributed by atoms with Gasteiger partial charge in [-0.3, -0.25) is 9.69 Å². The van der Waals surface area contributed by atoms with Crippen LogP contribution in [0.2, 0.25) is 0 Å². The molecule has 1 heterocycles. The molecule has 154 valence electrons. The summed E-state index contributed by atoms with van der Waals surface area (Å²) in [5, 5.41) is 2.96. The second-order valence-corrected chi connectivity index (χ2v) is 8.09. The fourth-order valence-electron chi connectivity index (χ4n) is 4.05. The monoisotopic (exact) mass is 402 g/mol. The minimum absolute atomic E-state index is 0.0140. The van der Waals surface area contributed by atoms with Crippen molar-refractivity contribution >= 4 is 5.91 Å². The molecule has 1 N–H and O–H groups in total. The number of carbonyl (C=O) groups excluding carboxylic acids is 1. The Kier molecular flexibility index (Phi) is 5.63. The third-order valence-corrected chi connectivity index (χ3v) is 5.89. The number of alkyl halides is 3. The van der Waals surface area contributed by atoms with Gasteiger partial charge < -0.3 is 5.32 Å². The maximum absolute atomic E-state index is 12.7. The summed E-state index contributed by atoms with van der Waals surface area (Å²) < 4.78 is 38.0. The van der Waals surface area contributed by atoms with Gasteiger partial charge in [-0.25, -0.2) is 0 Å². The van der Waals surface area contributed by atoms with Gasteiger partial charge in [-0.2, -0.15) is 13.2 Å². The van der Waals surface area contributed by atoms with Gasteiger partial charge in [-0.05, 0) is 67.1 Å². The van der Waals surface area contributed by atoms with E-state index in [0.29, 0.717) is 13.0 Å². The predicted molar refractivity (Wildman–Crippen MR) is 105 cm³/mol. The molecule has 2 aromatic carbocycles. The van der Waals surface area contributed by atoms with E-state index in [4.69, 9.17) is 0 Å². The summed E-state index contributed by atoms with van der Waals surface area (Å²) in [6, 6.07) is 13.5. The van der Waals surface area contributed by atoms with Gasteiger partial charge in [-0.15, -0.1) is 0 Å². The average Bonchev–Trinajstić information content (AvgIpc) is 3.35. The highest BCUT2D eigenvalue weighted by Gasteiger charge is 2.44. The summed E-state index contributed by atoms with van der Waals surface area (Å²) in [6.45, 7) is 3.78. The molecular formula is C23H25F3N2O. The first-order valence-electron chi connectivity index (χ1n) is 10.2. The first kappa shape index (κ1) is 20.0. The highest BCUT2D eigenvalue weighted by atomic mass is 19.4. The molecule has 6 heteroatoms. The Labute approximate surface area is 168 Å². The van der Waals surface area contributed by atoms with Crippen molar-refractivity contribution in [1.29, 1.82) is 0 Å². The zero-order chi connectivity index (χ0) is 20.4. The van der Waals surface area contributed by atoms with Crippen molar-refractivity contribution < 1.29 is 18.0 Å². The fraction of sp³-hybridized carbons (Fsp3) is 0.435. The van der Waals surface area contributed by atoms with E-state index in [1.54, 1.807) is 0 Å². The molecule has 1 saturated carbocycles. The third-order valence-electron chi connectivity index (χ3n) is 5.89. The molecule has 2 atom stereocenters. The van der Waals surface area contributed by atoms with E-state index >= 15 is 0 Å². The Bertz CT molecular complexity index is 840. The van der Waals surface area contributed by atoms with Crippen molar-refractivity contribution in [2.75, 3.05) is 13.1 Å². The van der Waals surface area contributed by atoms with Crippen LogP contribution in [0.5, 0.6) is 0 Å². The van der Waals surface area contributed by atoms with Crippen molar-refractivity contribution in [3.63, 3.8) is 0 Å². The lowest BCUT2D eigenvalue weighted by atomic mass is 10.1. The number of likely N-dealkylation sites (tertiary alicyclic amines) is 1. The van der Waals surface area contributed by atoms with E-state index in [2.05, 4.69) is 22.3 Å². The lowest BCUT2D eigenvalue weighted by molar-refractivity contribution is -0.137. The molecule has 0 radical (unpaired) electrons. The number of carbonyl (C=O) groups is 1. The lowest BCUT2D eigenvalue weighted by Gasteiger charge is -2.14. The van der Waals surface area contributed by atoms with Crippen LogP contribution in [0.3, 0.4) is 0 Å². The second kappa shape index (κ2) is 8.19. The Morgan fingerprint density at radius 1 is 0.966 bits per heavy atom. The molecule has 1 saturated heterocycles. The predicted octanol–water partition coefficient (Wildman–Crippen LogP) is 4.72. The molecule has 1 aliphatic carbocycles. The summed E-state index contributed by atoms with van der Waals surface area (Å²) in [7, 11) is 0. The number of hydrogen-bond donors (Lipinski definition) is 1. The fourth-order valence-corrected chi connectivity index (χ4v) is 4.05. The van der Waals surface area contributed by atoms with Crippen molar-refractivity contribution in [3.8, 4) is 0 Å². The number of halogens is 3. The highest BCUT2D eigenvalue weighted by Crippen LogP contribution is 2.48. The first-order chi connectivity index (χ1) is 13.9. The molecule has 0 spiro atoms. The van der Waals surface area contributed by atoms with Crippen LogP contribution in [-0.4, -0.2) is 23.9 Å². The van der Waals surface area contributed by atoms with Crippen molar-refractivity contribution in [3.05, 3.63) is 70.8 Å². The van der Waals surface area contributed by atoms with Gasteiger partial charge in [0.25, 0.3) is 0 Å². The van der Waals surface area contributed by atoms with Gasteiger partial charge in [0.1, 0.15) is 0 Å². The second-order valence-electron chi connectivity index (χ2n) is 8.09.